The summed E-state index contributed by atoms with van der Waals surface area (Å²) in [4.78, 5) is 36.8. The van der Waals surface area contributed by atoms with E-state index in [0.29, 0.717) is 18.5 Å². The molecule has 30 heavy (non-hydrogen) atoms. The molecule has 1 aliphatic rings. The average Bonchev–Trinajstić information content (AvgIpc) is 2.72. The van der Waals surface area contributed by atoms with E-state index in [1.165, 1.54) is 31.2 Å². The van der Waals surface area contributed by atoms with E-state index in [9.17, 15) is 18.8 Å². The number of amides is 3. The summed E-state index contributed by atoms with van der Waals surface area (Å²) in [5, 5.41) is 8.51. The van der Waals surface area contributed by atoms with Gasteiger partial charge in [-0.2, -0.15) is 0 Å². The van der Waals surface area contributed by atoms with Crippen LogP contribution < -0.4 is 16.0 Å². The second kappa shape index (κ2) is 9.52. The Kier molecular flexibility index (Phi) is 6.82. The molecule has 3 amide bonds. The predicted octanol–water partition coefficient (Wildman–Crippen LogP) is 3.53. The molecule has 0 aromatic heterocycles. The molecule has 0 radical (unpaired) electrons. The topological polar surface area (TPSA) is 87.3 Å². The van der Waals surface area contributed by atoms with Crippen molar-refractivity contribution >= 4 is 23.4 Å². The molecule has 0 spiro atoms. The lowest BCUT2D eigenvalue weighted by molar-refractivity contribution is -0.134. The predicted molar refractivity (Wildman–Crippen MR) is 112 cm³/mol. The summed E-state index contributed by atoms with van der Waals surface area (Å²) in [6.07, 6.45) is 4.11. The smallest absolute Gasteiger partial charge is 0.255 e. The highest BCUT2D eigenvalue weighted by Crippen LogP contribution is 2.28. The molecule has 2 aromatic rings. The third-order valence-corrected chi connectivity index (χ3v) is 5.28. The molecule has 1 fully saturated rings. The maximum Gasteiger partial charge on any atom is 0.255 e. The van der Waals surface area contributed by atoms with Gasteiger partial charge in [-0.05, 0) is 48.7 Å². The summed E-state index contributed by atoms with van der Waals surface area (Å²) >= 11 is 0. The Morgan fingerprint density at radius 1 is 1.00 bits per heavy atom. The molecule has 2 aromatic carbocycles. The highest BCUT2D eigenvalue weighted by Gasteiger charge is 2.39. The van der Waals surface area contributed by atoms with Crippen LogP contribution in [0.25, 0.3) is 0 Å². The average molecular weight is 411 g/mol. The molecule has 0 aliphatic heterocycles. The van der Waals surface area contributed by atoms with Crippen molar-refractivity contribution in [2.24, 2.45) is 0 Å². The van der Waals surface area contributed by atoms with E-state index in [4.69, 9.17) is 0 Å². The first-order valence-electron chi connectivity index (χ1n) is 10.1. The lowest BCUT2D eigenvalue weighted by Gasteiger charge is -2.36. The van der Waals surface area contributed by atoms with E-state index in [-0.39, 0.29) is 23.9 Å². The third-order valence-electron chi connectivity index (χ3n) is 5.28. The number of hydrogen-bond donors (Lipinski definition) is 3. The van der Waals surface area contributed by atoms with Crippen molar-refractivity contribution in [1.82, 2.24) is 10.6 Å². The third kappa shape index (κ3) is 5.43. The van der Waals surface area contributed by atoms with Gasteiger partial charge in [0.2, 0.25) is 11.8 Å². The van der Waals surface area contributed by atoms with Crippen molar-refractivity contribution < 1.29 is 18.8 Å². The molecule has 1 aliphatic carbocycles. The molecule has 0 unspecified atom stereocenters. The van der Waals surface area contributed by atoms with Gasteiger partial charge in [-0.1, -0.05) is 37.5 Å². The van der Waals surface area contributed by atoms with Gasteiger partial charge in [-0.3, -0.25) is 14.4 Å². The van der Waals surface area contributed by atoms with Crippen LogP contribution in [0.2, 0.25) is 0 Å². The summed E-state index contributed by atoms with van der Waals surface area (Å²) in [5.74, 6) is -1.29. The minimum Gasteiger partial charge on any atom is -0.350 e. The normalized spacial score (nSPS) is 15.1. The van der Waals surface area contributed by atoms with Gasteiger partial charge in [-0.15, -0.1) is 0 Å². The van der Waals surface area contributed by atoms with Gasteiger partial charge in [0.15, 0.2) is 0 Å². The van der Waals surface area contributed by atoms with Crippen LogP contribution in [-0.4, -0.2) is 23.3 Å². The number of carbonyl (C=O) groups is 3. The van der Waals surface area contributed by atoms with Crippen LogP contribution in [0.1, 0.15) is 54.9 Å². The summed E-state index contributed by atoms with van der Waals surface area (Å²) in [6, 6.07) is 12.6. The summed E-state index contributed by atoms with van der Waals surface area (Å²) < 4.78 is 13.3. The van der Waals surface area contributed by atoms with E-state index >= 15 is 0 Å². The maximum absolute atomic E-state index is 13.3. The second-order valence-corrected chi connectivity index (χ2v) is 7.67. The Bertz CT molecular complexity index is 939. The number of anilines is 1. The fraction of sp³-hybridized carbons (Fsp3) is 0.348. The Labute approximate surface area is 175 Å². The van der Waals surface area contributed by atoms with Crippen molar-refractivity contribution in [3.63, 3.8) is 0 Å². The van der Waals surface area contributed by atoms with Crippen LogP contribution in [0.3, 0.4) is 0 Å². The van der Waals surface area contributed by atoms with Gasteiger partial charge in [0, 0.05) is 24.7 Å². The Morgan fingerprint density at radius 3 is 2.43 bits per heavy atom. The van der Waals surface area contributed by atoms with E-state index in [1.54, 1.807) is 18.2 Å². The standard InChI is InChI=1S/C23H26FN3O3/c1-16(28)27-23(11-3-2-4-12-23)22(30)25-15-17-7-5-10-20(13-17)26-21(29)18-8-6-9-19(24)14-18/h5-10,13-14H,2-4,11-12,15H2,1H3,(H,25,30)(H,26,29)(H,27,28). The molecular formula is C23H26FN3O3. The summed E-state index contributed by atoms with van der Waals surface area (Å²) in [6.45, 7) is 1.69. The zero-order valence-corrected chi connectivity index (χ0v) is 17.0. The molecule has 0 saturated heterocycles. The fourth-order valence-corrected chi connectivity index (χ4v) is 3.84. The number of halogens is 1. The van der Waals surface area contributed by atoms with Gasteiger partial charge in [0.1, 0.15) is 11.4 Å². The van der Waals surface area contributed by atoms with Crippen LogP contribution >= 0.6 is 0 Å². The zero-order chi connectivity index (χ0) is 21.6. The Hall–Kier alpha value is -3.22. The molecule has 7 heteroatoms. The van der Waals surface area contributed by atoms with Crippen molar-refractivity contribution in [3.8, 4) is 0 Å². The molecule has 1 saturated carbocycles. The molecule has 3 N–H and O–H groups in total. The summed E-state index contributed by atoms with van der Waals surface area (Å²) in [5.41, 5.74) is 0.718. The van der Waals surface area contributed by atoms with Gasteiger partial charge in [-0.25, -0.2) is 4.39 Å². The lowest BCUT2D eigenvalue weighted by atomic mass is 9.80. The van der Waals surface area contributed by atoms with Gasteiger partial charge in [0.25, 0.3) is 5.91 Å². The highest BCUT2D eigenvalue weighted by atomic mass is 19.1. The van der Waals surface area contributed by atoms with Crippen LogP contribution in [0.15, 0.2) is 48.5 Å². The molecule has 6 nitrogen and oxygen atoms in total. The van der Waals surface area contributed by atoms with E-state index in [0.717, 1.165) is 24.8 Å². The Morgan fingerprint density at radius 2 is 1.73 bits per heavy atom. The molecule has 0 atom stereocenters. The second-order valence-electron chi connectivity index (χ2n) is 7.67. The number of carbonyl (C=O) groups excluding carboxylic acids is 3. The first kappa shape index (κ1) is 21.5. The first-order chi connectivity index (χ1) is 14.4. The number of rotatable bonds is 6. The summed E-state index contributed by atoms with van der Waals surface area (Å²) in [7, 11) is 0. The quantitative estimate of drug-likeness (QED) is 0.680. The van der Waals surface area contributed by atoms with Crippen LogP contribution in [-0.2, 0) is 16.1 Å². The largest absolute Gasteiger partial charge is 0.350 e. The maximum atomic E-state index is 13.3. The Balaban J connectivity index is 1.64. The highest BCUT2D eigenvalue weighted by molar-refractivity contribution is 6.04. The van der Waals surface area contributed by atoms with Crippen molar-refractivity contribution in [2.45, 2.75) is 51.1 Å². The van der Waals surface area contributed by atoms with Crippen molar-refractivity contribution in [2.75, 3.05) is 5.32 Å². The molecule has 3 rings (SSSR count). The minimum atomic E-state index is -0.854. The molecule has 158 valence electrons. The van der Waals surface area contributed by atoms with E-state index < -0.39 is 17.3 Å². The number of hydrogen-bond acceptors (Lipinski definition) is 3. The van der Waals surface area contributed by atoms with Crippen molar-refractivity contribution in [3.05, 3.63) is 65.5 Å². The van der Waals surface area contributed by atoms with E-state index in [1.807, 2.05) is 6.07 Å². The molecular weight excluding hydrogens is 385 g/mol. The SMILES string of the molecule is CC(=O)NC1(C(=O)NCc2cccc(NC(=O)c3cccc(F)c3)c2)CCCCC1. The molecule has 0 bridgehead atoms. The molecule has 0 heterocycles. The number of nitrogens with one attached hydrogen (secondary N) is 3. The zero-order valence-electron chi connectivity index (χ0n) is 17.0. The van der Waals surface area contributed by atoms with Gasteiger partial charge >= 0.3 is 0 Å². The van der Waals surface area contributed by atoms with Gasteiger partial charge in [0.05, 0.1) is 0 Å². The first-order valence-corrected chi connectivity index (χ1v) is 10.1. The van der Waals surface area contributed by atoms with Gasteiger partial charge < -0.3 is 16.0 Å². The monoisotopic (exact) mass is 411 g/mol. The van der Waals surface area contributed by atoms with Crippen molar-refractivity contribution in [1.29, 1.82) is 0 Å². The van der Waals surface area contributed by atoms with Crippen LogP contribution in [0.4, 0.5) is 10.1 Å². The fourth-order valence-electron chi connectivity index (χ4n) is 3.84. The van der Waals surface area contributed by atoms with E-state index in [2.05, 4.69) is 16.0 Å². The number of benzene rings is 2. The van der Waals surface area contributed by atoms with Crippen LogP contribution in [0, 0.1) is 5.82 Å². The van der Waals surface area contributed by atoms with Crippen LogP contribution in [0.5, 0.6) is 0 Å². The lowest BCUT2D eigenvalue weighted by Crippen LogP contribution is -2.59. The minimum absolute atomic E-state index is 0.188.